The van der Waals surface area contributed by atoms with Crippen molar-refractivity contribution in [2.45, 2.75) is 46.0 Å². The number of carbonyl (C=O) groups is 2. The fraction of sp³-hybridized carbons (Fsp3) is 0.429. The average molecular weight is 387 g/mol. The molecule has 144 valence electrons. The highest BCUT2D eigenvalue weighted by Gasteiger charge is 2.27. The molecule has 0 unspecified atom stereocenters. The molecule has 0 aliphatic heterocycles. The number of rotatable bonds is 7. The molecule has 0 saturated heterocycles. The van der Waals surface area contributed by atoms with Gasteiger partial charge in [-0.3, -0.25) is 4.79 Å². The Hall–Kier alpha value is -2.34. The van der Waals surface area contributed by atoms with E-state index in [9.17, 15) is 9.59 Å². The van der Waals surface area contributed by atoms with Crippen molar-refractivity contribution in [3.05, 3.63) is 45.8 Å². The molecule has 1 heterocycles. The zero-order chi connectivity index (χ0) is 19.2. The number of anilines is 2. The van der Waals surface area contributed by atoms with Crippen LogP contribution in [-0.4, -0.2) is 25.0 Å². The Morgan fingerprint density at radius 2 is 1.85 bits per heavy atom. The second-order valence-electron chi connectivity index (χ2n) is 6.59. The molecular weight excluding hydrogens is 360 g/mol. The Bertz CT molecular complexity index is 812. The first-order valence-electron chi connectivity index (χ1n) is 9.56. The summed E-state index contributed by atoms with van der Waals surface area (Å²) in [5.41, 5.74) is 3.77. The monoisotopic (exact) mass is 386 g/mol. The molecule has 3 rings (SSSR count). The number of amides is 1. The molecule has 6 heteroatoms. The van der Waals surface area contributed by atoms with E-state index in [1.807, 2.05) is 24.3 Å². The van der Waals surface area contributed by atoms with Crippen LogP contribution in [0.2, 0.25) is 0 Å². The highest BCUT2D eigenvalue weighted by Crippen LogP contribution is 2.38. The van der Waals surface area contributed by atoms with Gasteiger partial charge in [-0.2, -0.15) is 0 Å². The quantitative estimate of drug-likeness (QED) is 0.692. The van der Waals surface area contributed by atoms with Crippen LogP contribution in [0.4, 0.5) is 10.7 Å². The molecule has 27 heavy (non-hydrogen) atoms. The molecule has 1 amide bonds. The summed E-state index contributed by atoms with van der Waals surface area (Å²) < 4.78 is 5.23. The summed E-state index contributed by atoms with van der Waals surface area (Å²) in [6.45, 7) is 4.38. The average Bonchev–Trinajstić information content (AvgIpc) is 3.04. The van der Waals surface area contributed by atoms with Crippen LogP contribution in [0.5, 0.6) is 0 Å². The number of fused-ring (bicyclic) bond motifs is 1. The molecule has 0 fully saturated rings. The third-order valence-electron chi connectivity index (χ3n) is 4.72. The maximum Gasteiger partial charge on any atom is 0.341 e. The van der Waals surface area contributed by atoms with Crippen LogP contribution in [0.1, 0.15) is 53.1 Å². The minimum absolute atomic E-state index is 0.149. The first-order valence-corrected chi connectivity index (χ1v) is 10.4. The fourth-order valence-corrected chi connectivity index (χ4v) is 4.58. The third-order valence-corrected chi connectivity index (χ3v) is 5.93. The first-order chi connectivity index (χ1) is 13.1. The van der Waals surface area contributed by atoms with E-state index in [0.717, 1.165) is 43.4 Å². The minimum atomic E-state index is -0.338. The number of benzene rings is 1. The van der Waals surface area contributed by atoms with Gasteiger partial charge >= 0.3 is 5.97 Å². The van der Waals surface area contributed by atoms with Gasteiger partial charge in [-0.05, 0) is 62.3 Å². The van der Waals surface area contributed by atoms with E-state index in [1.54, 1.807) is 6.92 Å². The summed E-state index contributed by atoms with van der Waals surface area (Å²) >= 11 is 1.51. The van der Waals surface area contributed by atoms with Gasteiger partial charge in [0, 0.05) is 10.6 Å². The smallest absolute Gasteiger partial charge is 0.341 e. The van der Waals surface area contributed by atoms with Crippen molar-refractivity contribution in [3.63, 3.8) is 0 Å². The van der Waals surface area contributed by atoms with Crippen LogP contribution in [0.25, 0.3) is 0 Å². The summed E-state index contributed by atoms with van der Waals surface area (Å²) in [7, 11) is 0. The van der Waals surface area contributed by atoms with E-state index in [4.69, 9.17) is 4.74 Å². The summed E-state index contributed by atoms with van der Waals surface area (Å²) in [4.78, 5) is 26.1. The standard InChI is InChI=1S/C21H26N2O3S/c1-3-14-9-11-15(12-10-14)22-13-18(24)23-20-19(21(25)26-4-2)16-7-5-6-8-17(16)27-20/h9-12,22H,3-8,13H2,1-2H3,(H,23,24). The Kier molecular flexibility index (Phi) is 6.50. The highest BCUT2D eigenvalue weighted by atomic mass is 32.1. The third kappa shape index (κ3) is 4.69. The normalized spacial score (nSPS) is 13.0. The molecule has 2 N–H and O–H groups in total. The number of nitrogens with one attached hydrogen (secondary N) is 2. The van der Waals surface area contributed by atoms with Gasteiger partial charge in [0.15, 0.2) is 0 Å². The van der Waals surface area contributed by atoms with E-state index in [2.05, 4.69) is 17.6 Å². The van der Waals surface area contributed by atoms with Gasteiger partial charge in [0.05, 0.1) is 18.7 Å². The molecule has 0 radical (unpaired) electrons. The van der Waals surface area contributed by atoms with Gasteiger partial charge in [-0.25, -0.2) is 4.79 Å². The van der Waals surface area contributed by atoms with E-state index >= 15 is 0 Å². The predicted molar refractivity (Wildman–Crippen MR) is 110 cm³/mol. The number of hydrogen-bond donors (Lipinski definition) is 2. The summed E-state index contributed by atoms with van der Waals surface area (Å²) in [6.07, 6.45) is 5.01. The van der Waals surface area contributed by atoms with Crippen molar-refractivity contribution >= 4 is 33.9 Å². The molecule has 1 aliphatic carbocycles. The molecule has 0 bridgehead atoms. The van der Waals surface area contributed by atoms with Crippen LogP contribution in [0.15, 0.2) is 24.3 Å². The number of carbonyl (C=O) groups excluding carboxylic acids is 2. The van der Waals surface area contributed by atoms with Gasteiger partial charge in [-0.15, -0.1) is 11.3 Å². The molecule has 1 aromatic carbocycles. The number of ether oxygens (including phenoxy) is 1. The zero-order valence-electron chi connectivity index (χ0n) is 15.9. The second-order valence-corrected chi connectivity index (χ2v) is 7.69. The van der Waals surface area contributed by atoms with Crippen molar-refractivity contribution in [3.8, 4) is 0 Å². The Morgan fingerprint density at radius 1 is 1.11 bits per heavy atom. The van der Waals surface area contributed by atoms with Crippen LogP contribution in [0.3, 0.4) is 0 Å². The van der Waals surface area contributed by atoms with Crippen molar-refractivity contribution in [1.82, 2.24) is 0 Å². The van der Waals surface area contributed by atoms with Crippen LogP contribution in [-0.2, 0) is 28.8 Å². The van der Waals surface area contributed by atoms with E-state index in [0.29, 0.717) is 17.2 Å². The molecule has 1 aliphatic rings. The molecule has 1 aromatic heterocycles. The fourth-order valence-electron chi connectivity index (χ4n) is 3.28. The Morgan fingerprint density at radius 3 is 2.56 bits per heavy atom. The number of aryl methyl sites for hydroxylation is 2. The highest BCUT2D eigenvalue weighted by molar-refractivity contribution is 7.17. The van der Waals surface area contributed by atoms with Gasteiger partial charge in [0.25, 0.3) is 0 Å². The maximum absolute atomic E-state index is 12.4. The number of hydrogen-bond acceptors (Lipinski definition) is 5. The van der Waals surface area contributed by atoms with Crippen LogP contribution >= 0.6 is 11.3 Å². The lowest BCUT2D eigenvalue weighted by atomic mass is 9.95. The molecule has 0 saturated carbocycles. The lowest BCUT2D eigenvalue weighted by Crippen LogP contribution is -2.22. The van der Waals surface area contributed by atoms with Crippen molar-refractivity contribution in [2.24, 2.45) is 0 Å². The lowest BCUT2D eigenvalue weighted by molar-refractivity contribution is -0.114. The van der Waals surface area contributed by atoms with Crippen molar-refractivity contribution in [2.75, 3.05) is 23.8 Å². The van der Waals surface area contributed by atoms with E-state index in [1.165, 1.54) is 21.8 Å². The lowest BCUT2D eigenvalue weighted by Gasteiger charge is -2.12. The summed E-state index contributed by atoms with van der Waals surface area (Å²) in [5, 5.41) is 6.66. The van der Waals surface area contributed by atoms with Crippen molar-refractivity contribution in [1.29, 1.82) is 0 Å². The van der Waals surface area contributed by atoms with Crippen molar-refractivity contribution < 1.29 is 14.3 Å². The van der Waals surface area contributed by atoms with Crippen LogP contribution < -0.4 is 10.6 Å². The first kappa shape index (κ1) is 19.4. The second kappa shape index (κ2) is 9.04. The molecule has 0 spiro atoms. The van der Waals surface area contributed by atoms with E-state index < -0.39 is 0 Å². The minimum Gasteiger partial charge on any atom is -0.462 e. The van der Waals surface area contributed by atoms with Gasteiger partial charge in [0.1, 0.15) is 5.00 Å². The molecule has 0 atom stereocenters. The molecule has 2 aromatic rings. The predicted octanol–water partition coefficient (Wildman–Crippen LogP) is 4.42. The topological polar surface area (TPSA) is 67.4 Å². The SMILES string of the molecule is CCOC(=O)c1c(NC(=O)CNc2ccc(CC)cc2)sc2c1CCCC2. The van der Waals surface area contributed by atoms with Gasteiger partial charge in [0.2, 0.25) is 5.91 Å². The summed E-state index contributed by atoms with van der Waals surface area (Å²) in [6, 6.07) is 8.04. The molecular formula is C21H26N2O3S. The maximum atomic E-state index is 12.4. The Labute approximate surface area is 164 Å². The number of thiophene rings is 1. The van der Waals surface area contributed by atoms with Gasteiger partial charge in [-0.1, -0.05) is 19.1 Å². The van der Waals surface area contributed by atoms with E-state index in [-0.39, 0.29) is 18.4 Å². The zero-order valence-corrected chi connectivity index (χ0v) is 16.7. The van der Waals surface area contributed by atoms with Crippen LogP contribution in [0, 0.1) is 0 Å². The summed E-state index contributed by atoms with van der Waals surface area (Å²) in [5.74, 6) is -0.506. The molecule has 5 nitrogen and oxygen atoms in total. The largest absolute Gasteiger partial charge is 0.462 e. The number of esters is 1. The van der Waals surface area contributed by atoms with Gasteiger partial charge < -0.3 is 15.4 Å². The Balaban J connectivity index is 1.69.